The van der Waals surface area contributed by atoms with Gasteiger partial charge < -0.3 is 11.5 Å². The largest absolute Gasteiger partial charge is 0.330 e. The van der Waals surface area contributed by atoms with Crippen molar-refractivity contribution in [2.45, 2.75) is 6.42 Å². The summed E-state index contributed by atoms with van der Waals surface area (Å²) in [4.78, 5) is 0. The van der Waals surface area contributed by atoms with Crippen molar-refractivity contribution in [3.8, 4) is 0 Å². The van der Waals surface area contributed by atoms with Gasteiger partial charge in [0, 0.05) is 0 Å². The highest BCUT2D eigenvalue weighted by atomic mass is 35.5. The van der Waals surface area contributed by atoms with E-state index in [1.54, 1.807) is 0 Å². The molecule has 50 valence electrons. The first-order valence-electron chi connectivity index (χ1n) is 2.78. The van der Waals surface area contributed by atoms with Crippen molar-refractivity contribution in [2.24, 2.45) is 23.3 Å². The van der Waals surface area contributed by atoms with Gasteiger partial charge in [0.15, 0.2) is 0 Å². The van der Waals surface area contributed by atoms with Gasteiger partial charge in [0.05, 0.1) is 0 Å². The van der Waals surface area contributed by atoms with Crippen molar-refractivity contribution in [1.82, 2.24) is 0 Å². The molecule has 0 bridgehead atoms. The second-order valence-corrected chi connectivity index (χ2v) is 2.23. The normalized spacial score (nSPS) is 33.8. The van der Waals surface area contributed by atoms with E-state index < -0.39 is 0 Å². The summed E-state index contributed by atoms with van der Waals surface area (Å²) in [6.07, 6.45) is 1.27. The molecule has 0 aromatic carbocycles. The zero-order valence-corrected chi connectivity index (χ0v) is 5.66. The first kappa shape index (κ1) is 8.21. The maximum Gasteiger partial charge on any atom is -0.00456 e. The molecule has 8 heavy (non-hydrogen) atoms. The lowest BCUT2D eigenvalue weighted by atomic mass is 10.3. The Morgan fingerprint density at radius 1 is 1.12 bits per heavy atom. The Hall–Kier alpha value is 0.210. The number of nitrogens with two attached hydrogens (primary N) is 2. The van der Waals surface area contributed by atoms with Crippen molar-refractivity contribution in [2.75, 3.05) is 13.1 Å². The van der Waals surface area contributed by atoms with Crippen LogP contribution in [-0.4, -0.2) is 13.1 Å². The lowest BCUT2D eigenvalue weighted by molar-refractivity contribution is 0.715. The Morgan fingerprint density at radius 3 is 1.62 bits per heavy atom. The van der Waals surface area contributed by atoms with E-state index in [-0.39, 0.29) is 12.4 Å². The van der Waals surface area contributed by atoms with E-state index in [0.29, 0.717) is 0 Å². The van der Waals surface area contributed by atoms with Crippen LogP contribution in [0.1, 0.15) is 6.42 Å². The van der Waals surface area contributed by atoms with E-state index >= 15 is 0 Å². The molecule has 4 N–H and O–H groups in total. The number of halogens is 1. The molecule has 3 heteroatoms. The van der Waals surface area contributed by atoms with Gasteiger partial charge in [0.1, 0.15) is 0 Å². The number of hydrogen-bond acceptors (Lipinski definition) is 2. The third kappa shape index (κ3) is 1.62. The van der Waals surface area contributed by atoms with E-state index in [0.717, 1.165) is 24.9 Å². The predicted octanol–water partition coefficient (Wildman–Crippen LogP) is -0.0383. The first-order chi connectivity index (χ1) is 3.38. The molecular weight excluding hydrogens is 124 g/mol. The fourth-order valence-corrected chi connectivity index (χ4v) is 0.888. The third-order valence-corrected chi connectivity index (χ3v) is 1.67. The average Bonchev–Trinajstić information content (AvgIpc) is 2.43. The fraction of sp³-hybridized carbons (Fsp3) is 1.00. The number of hydrogen-bond donors (Lipinski definition) is 2. The maximum absolute atomic E-state index is 5.34. The Labute approximate surface area is 56.0 Å². The van der Waals surface area contributed by atoms with Crippen LogP contribution in [0.5, 0.6) is 0 Å². The molecule has 0 aromatic rings. The molecule has 0 aliphatic heterocycles. The van der Waals surface area contributed by atoms with Gasteiger partial charge in [-0.3, -0.25) is 0 Å². The van der Waals surface area contributed by atoms with Crippen LogP contribution in [0.3, 0.4) is 0 Å². The van der Waals surface area contributed by atoms with Crippen LogP contribution in [0, 0.1) is 11.8 Å². The molecule has 0 spiro atoms. The highest BCUT2D eigenvalue weighted by Crippen LogP contribution is 2.35. The van der Waals surface area contributed by atoms with E-state index in [4.69, 9.17) is 11.5 Å². The molecule has 0 saturated heterocycles. The minimum Gasteiger partial charge on any atom is -0.330 e. The van der Waals surface area contributed by atoms with Gasteiger partial charge in [0.2, 0.25) is 0 Å². The molecule has 0 unspecified atom stereocenters. The first-order valence-corrected chi connectivity index (χ1v) is 2.78. The number of rotatable bonds is 2. The van der Waals surface area contributed by atoms with Crippen LogP contribution in [0.15, 0.2) is 0 Å². The SMILES string of the molecule is Cl.NC[C@@H]1C[C@@H]1CN. The zero-order chi connectivity index (χ0) is 5.28. The molecule has 1 aliphatic carbocycles. The van der Waals surface area contributed by atoms with Gasteiger partial charge in [-0.15, -0.1) is 12.4 Å². The van der Waals surface area contributed by atoms with Crippen LogP contribution in [0.2, 0.25) is 0 Å². The van der Waals surface area contributed by atoms with Crippen LogP contribution in [0.4, 0.5) is 0 Å². The molecule has 2 nitrogen and oxygen atoms in total. The Morgan fingerprint density at radius 2 is 1.50 bits per heavy atom. The zero-order valence-electron chi connectivity index (χ0n) is 4.84. The summed E-state index contributed by atoms with van der Waals surface area (Å²) < 4.78 is 0. The lowest BCUT2D eigenvalue weighted by Crippen LogP contribution is -2.08. The highest BCUT2D eigenvalue weighted by Gasteiger charge is 2.33. The molecule has 1 fully saturated rings. The molecule has 0 aromatic heterocycles. The van der Waals surface area contributed by atoms with Gasteiger partial charge in [-0.2, -0.15) is 0 Å². The molecule has 1 rings (SSSR count). The van der Waals surface area contributed by atoms with E-state index in [1.165, 1.54) is 6.42 Å². The maximum atomic E-state index is 5.34. The Kier molecular flexibility index (Phi) is 3.36. The van der Waals surface area contributed by atoms with Crippen molar-refractivity contribution in [3.05, 3.63) is 0 Å². The van der Waals surface area contributed by atoms with Crippen LogP contribution >= 0.6 is 12.4 Å². The van der Waals surface area contributed by atoms with Crippen molar-refractivity contribution in [3.63, 3.8) is 0 Å². The van der Waals surface area contributed by atoms with E-state index in [1.807, 2.05) is 0 Å². The minimum atomic E-state index is 0. The minimum absolute atomic E-state index is 0. The monoisotopic (exact) mass is 136 g/mol. The van der Waals surface area contributed by atoms with Crippen molar-refractivity contribution in [1.29, 1.82) is 0 Å². The quantitative estimate of drug-likeness (QED) is 0.560. The predicted molar refractivity (Wildman–Crippen MR) is 37.0 cm³/mol. The Bertz CT molecular complexity index is 59.4. The standard InChI is InChI=1S/C5H12N2.ClH/c6-2-4-1-5(4)3-7;/h4-5H,1-3,6-7H2;1H/t4-,5+;. The third-order valence-electron chi connectivity index (χ3n) is 1.67. The smallest absolute Gasteiger partial charge is 0.00456 e. The molecule has 1 aliphatic rings. The summed E-state index contributed by atoms with van der Waals surface area (Å²) in [6.45, 7) is 1.67. The van der Waals surface area contributed by atoms with Crippen LogP contribution in [0.25, 0.3) is 0 Å². The molecule has 2 atom stereocenters. The second kappa shape index (κ2) is 3.28. The highest BCUT2D eigenvalue weighted by molar-refractivity contribution is 5.85. The molecule has 0 amide bonds. The van der Waals surface area contributed by atoms with Crippen molar-refractivity contribution < 1.29 is 0 Å². The van der Waals surface area contributed by atoms with Gasteiger partial charge in [-0.05, 0) is 31.3 Å². The van der Waals surface area contributed by atoms with Gasteiger partial charge >= 0.3 is 0 Å². The summed E-state index contributed by atoms with van der Waals surface area (Å²) in [5.74, 6) is 1.54. The summed E-state index contributed by atoms with van der Waals surface area (Å²) in [7, 11) is 0. The van der Waals surface area contributed by atoms with E-state index in [9.17, 15) is 0 Å². The summed E-state index contributed by atoms with van der Waals surface area (Å²) in [5, 5.41) is 0. The molecule has 0 heterocycles. The van der Waals surface area contributed by atoms with Crippen molar-refractivity contribution >= 4 is 12.4 Å². The fourth-order valence-electron chi connectivity index (χ4n) is 0.888. The summed E-state index contributed by atoms with van der Waals surface area (Å²) >= 11 is 0. The topological polar surface area (TPSA) is 52.0 Å². The average molecular weight is 137 g/mol. The second-order valence-electron chi connectivity index (χ2n) is 2.23. The summed E-state index contributed by atoms with van der Waals surface area (Å²) in [5.41, 5.74) is 10.7. The molecular formula is C5H13ClN2. The van der Waals surface area contributed by atoms with E-state index in [2.05, 4.69) is 0 Å². The lowest BCUT2D eigenvalue weighted by Gasteiger charge is -1.86. The molecule has 0 radical (unpaired) electrons. The Balaban J connectivity index is 0.000000490. The van der Waals surface area contributed by atoms with Gasteiger partial charge in [-0.1, -0.05) is 0 Å². The van der Waals surface area contributed by atoms with Crippen LogP contribution < -0.4 is 11.5 Å². The van der Waals surface area contributed by atoms with Crippen LogP contribution in [-0.2, 0) is 0 Å². The summed E-state index contributed by atoms with van der Waals surface area (Å²) in [6, 6.07) is 0. The van der Waals surface area contributed by atoms with Gasteiger partial charge in [-0.25, -0.2) is 0 Å². The van der Waals surface area contributed by atoms with Gasteiger partial charge in [0.25, 0.3) is 0 Å². The molecule has 1 saturated carbocycles.